The second kappa shape index (κ2) is 5.25. The average molecular weight is 226 g/mol. The summed E-state index contributed by atoms with van der Waals surface area (Å²) in [5, 5.41) is 0. The van der Waals surface area contributed by atoms with E-state index in [2.05, 4.69) is 9.88 Å². The maximum Gasteiger partial charge on any atom is 0.150 e. The van der Waals surface area contributed by atoms with Gasteiger partial charge >= 0.3 is 0 Å². The second-order valence-corrected chi connectivity index (χ2v) is 3.89. The predicted molar refractivity (Wildman–Crippen MR) is 68.2 cm³/mol. The number of pyridine rings is 1. The van der Waals surface area contributed by atoms with Crippen molar-refractivity contribution in [3.05, 3.63) is 59.9 Å². The van der Waals surface area contributed by atoms with Crippen molar-refractivity contribution in [1.82, 2.24) is 4.98 Å². The molecule has 1 aromatic carbocycles. The molecule has 0 fully saturated rings. The van der Waals surface area contributed by atoms with Gasteiger partial charge in [-0.05, 0) is 36.4 Å². The van der Waals surface area contributed by atoms with E-state index in [9.17, 15) is 4.79 Å². The predicted octanol–water partition coefficient (Wildman–Crippen LogP) is 2.53. The molecule has 0 spiro atoms. The van der Waals surface area contributed by atoms with Gasteiger partial charge in [-0.25, -0.2) is 0 Å². The van der Waals surface area contributed by atoms with Gasteiger partial charge in [0.25, 0.3) is 0 Å². The Balaban J connectivity index is 2.09. The van der Waals surface area contributed by atoms with E-state index in [0.29, 0.717) is 5.56 Å². The van der Waals surface area contributed by atoms with E-state index in [-0.39, 0.29) is 0 Å². The molecule has 0 bridgehead atoms. The topological polar surface area (TPSA) is 33.2 Å². The number of anilines is 1. The van der Waals surface area contributed by atoms with Crippen LogP contribution >= 0.6 is 0 Å². The minimum atomic E-state index is 0.694. The van der Waals surface area contributed by atoms with Crippen LogP contribution < -0.4 is 4.90 Å². The Bertz CT molecular complexity index is 479. The highest BCUT2D eigenvalue weighted by Crippen LogP contribution is 2.14. The number of hydrogen-bond donors (Lipinski definition) is 0. The Morgan fingerprint density at radius 3 is 2.53 bits per heavy atom. The van der Waals surface area contributed by atoms with E-state index >= 15 is 0 Å². The highest BCUT2D eigenvalue weighted by atomic mass is 16.1. The number of aldehydes is 1. The minimum Gasteiger partial charge on any atom is -0.369 e. The number of hydrogen-bond acceptors (Lipinski definition) is 3. The molecule has 0 unspecified atom stereocenters. The third-order valence-electron chi connectivity index (χ3n) is 2.60. The molecule has 1 aromatic heterocycles. The van der Waals surface area contributed by atoms with Gasteiger partial charge in [0, 0.05) is 24.5 Å². The summed E-state index contributed by atoms with van der Waals surface area (Å²) < 4.78 is 0. The largest absolute Gasteiger partial charge is 0.369 e. The molecule has 0 aliphatic heterocycles. The normalized spacial score (nSPS) is 9.94. The van der Waals surface area contributed by atoms with Gasteiger partial charge in [0.05, 0.1) is 12.2 Å². The van der Waals surface area contributed by atoms with E-state index in [4.69, 9.17) is 0 Å². The Hall–Kier alpha value is -2.16. The van der Waals surface area contributed by atoms with Gasteiger partial charge in [0.1, 0.15) is 6.29 Å². The first kappa shape index (κ1) is 11.3. The van der Waals surface area contributed by atoms with Crippen molar-refractivity contribution in [2.75, 3.05) is 11.9 Å². The number of aromatic nitrogens is 1. The molecule has 0 amide bonds. The molecule has 2 rings (SSSR count). The molecular formula is C14H14N2O. The van der Waals surface area contributed by atoms with Crippen LogP contribution in [-0.4, -0.2) is 18.3 Å². The van der Waals surface area contributed by atoms with Crippen LogP contribution in [0.15, 0.2) is 48.7 Å². The van der Waals surface area contributed by atoms with Crippen LogP contribution in [0.2, 0.25) is 0 Å². The molecule has 3 nitrogen and oxygen atoms in total. The van der Waals surface area contributed by atoms with Crippen molar-refractivity contribution in [3.8, 4) is 0 Å². The third kappa shape index (κ3) is 2.91. The van der Waals surface area contributed by atoms with Gasteiger partial charge in [-0.15, -0.1) is 0 Å². The van der Waals surface area contributed by atoms with E-state index in [1.807, 2.05) is 49.5 Å². The Morgan fingerprint density at radius 1 is 1.18 bits per heavy atom. The quantitative estimate of drug-likeness (QED) is 0.751. The molecule has 0 aliphatic rings. The number of rotatable bonds is 4. The summed E-state index contributed by atoms with van der Waals surface area (Å²) in [4.78, 5) is 16.9. The Labute approximate surface area is 101 Å². The molecular weight excluding hydrogens is 212 g/mol. The molecule has 86 valence electrons. The zero-order valence-electron chi connectivity index (χ0n) is 9.71. The van der Waals surface area contributed by atoms with Crippen molar-refractivity contribution in [2.24, 2.45) is 0 Å². The van der Waals surface area contributed by atoms with Gasteiger partial charge in [-0.2, -0.15) is 0 Å². The lowest BCUT2D eigenvalue weighted by Gasteiger charge is -2.18. The maximum atomic E-state index is 10.6. The smallest absolute Gasteiger partial charge is 0.150 e. The number of nitrogens with zero attached hydrogens (tertiary/aromatic N) is 2. The van der Waals surface area contributed by atoms with Crippen LogP contribution in [0.4, 0.5) is 5.69 Å². The van der Waals surface area contributed by atoms with Crippen LogP contribution in [0.3, 0.4) is 0 Å². The van der Waals surface area contributed by atoms with Crippen LogP contribution in [0.25, 0.3) is 0 Å². The van der Waals surface area contributed by atoms with Gasteiger partial charge in [-0.1, -0.05) is 6.07 Å². The molecule has 17 heavy (non-hydrogen) atoms. The van der Waals surface area contributed by atoms with Gasteiger partial charge in [0.2, 0.25) is 0 Å². The van der Waals surface area contributed by atoms with Crippen LogP contribution in [0, 0.1) is 0 Å². The van der Waals surface area contributed by atoms with Gasteiger partial charge in [0.15, 0.2) is 0 Å². The molecule has 0 radical (unpaired) electrons. The van der Waals surface area contributed by atoms with Gasteiger partial charge in [-0.3, -0.25) is 9.78 Å². The Kier molecular flexibility index (Phi) is 3.50. The average Bonchev–Trinajstić information content (AvgIpc) is 2.40. The van der Waals surface area contributed by atoms with Crippen molar-refractivity contribution in [1.29, 1.82) is 0 Å². The van der Waals surface area contributed by atoms with Crippen molar-refractivity contribution < 1.29 is 4.79 Å². The second-order valence-electron chi connectivity index (χ2n) is 3.89. The Morgan fingerprint density at radius 2 is 1.94 bits per heavy atom. The summed E-state index contributed by atoms with van der Waals surface area (Å²) in [6.07, 6.45) is 2.64. The van der Waals surface area contributed by atoms with Crippen LogP contribution in [-0.2, 0) is 6.54 Å². The van der Waals surface area contributed by atoms with Crippen molar-refractivity contribution in [3.63, 3.8) is 0 Å². The summed E-state index contributed by atoms with van der Waals surface area (Å²) >= 11 is 0. The number of carbonyl (C=O) groups excluding carboxylic acids is 1. The summed E-state index contributed by atoms with van der Waals surface area (Å²) in [5.74, 6) is 0. The summed E-state index contributed by atoms with van der Waals surface area (Å²) in [6.45, 7) is 0.751. The van der Waals surface area contributed by atoms with Crippen molar-refractivity contribution >= 4 is 12.0 Å². The minimum absolute atomic E-state index is 0.694. The molecule has 0 atom stereocenters. The number of carbonyl (C=O) groups is 1. The van der Waals surface area contributed by atoms with E-state index in [1.54, 1.807) is 6.20 Å². The fraction of sp³-hybridized carbons (Fsp3) is 0.143. The zero-order valence-corrected chi connectivity index (χ0v) is 9.71. The lowest BCUT2D eigenvalue weighted by molar-refractivity contribution is 0.112. The first-order valence-electron chi connectivity index (χ1n) is 5.46. The van der Waals surface area contributed by atoms with Crippen LogP contribution in [0.5, 0.6) is 0 Å². The first-order chi connectivity index (χ1) is 8.29. The van der Waals surface area contributed by atoms with E-state index in [0.717, 1.165) is 24.2 Å². The molecule has 0 N–H and O–H groups in total. The molecule has 2 aromatic rings. The van der Waals surface area contributed by atoms with E-state index in [1.165, 1.54) is 0 Å². The summed E-state index contributed by atoms with van der Waals surface area (Å²) in [6, 6.07) is 13.4. The first-order valence-corrected chi connectivity index (χ1v) is 5.46. The van der Waals surface area contributed by atoms with E-state index < -0.39 is 0 Å². The van der Waals surface area contributed by atoms with Crippen molar-refractivity contribution in [2.45, 2.75) is 6.54 Å². The SMILES string of the molecule is CN(Cc1ccccn1)c1ccc(C=O)cc1. The molecule has 0 aliphatic carbocycles. The standard InChI is InChI=1S/C14H14N2O/c1-16(10-13-4-2-3-9-15-13)14-7-5-12(11-17)6-8-14/h2-9,11H,10H2,1H3. The lowest BCUT2D eigenvalue weighted by Crippen LogP contribution is -2.16. The van der Waals surface area contributed by atoms with Crippen LogP contribution in [0.1, 0.15) is 16.1 Å². The molecule has 1 heterocycles. The maximum absolute atomic E-state index is 10.6. The zero-order chi connectivity index (χ0) is 12.1. The monoisotopic (exact) mass is 226 g/mol. The highest BCUT2D eigenvalue weighted by molar-refractivity contribution is 5.75. The number of benzene rings is 1. The highest BCUT2D eigenvalue weighted by Gasteiger charge is 2.02. The molecule has 3 heteroatoms. The molecule has 0 saturated heterocycles. The fourth-order valence-electron chi connectivity index (χ4n) is 1.63. The third-order valence-corrected chi connectivity index (χ3v) is 2.60. The fourth-order valence-corrected chi connectivity index (χ4v) is 1.63. The summed E-state index contributed by atoms with van der Waals surface area (Å²) in [7, 11) is 2.00. The van der Waals surface area contributed by atoms with Gasteiger partial charge < -0.3 is 4.90 Å². The lowest BCUT2D eigenvalue weighted by atomic mass is 10.2. The summed E-state index contributed by atoms with van der Waals surface area (Å²) in [5.41, 5.74) is 2.79. The molecule has 0 saturated carbocycles.